The number of ether oxygens (including phenoxy) is 1. The van der Waals surface area contributed by atoms with Crippen molar-refractivity contribution in [2.24, 2.45) is 0 Å². The van der Waals surface area contributed by atoms with Crippen molar-refractivity contribution >= 4 is 23.2 Å². The van der Waals surface area contributed by atoms with E-state index in [0.717, 1.165) is 6.42 Å². The van der Waals surface area contributed by atoms with E-state index >= 15 is 0 Å². The van der Waals surface area contributed by atoms with Gasteiger partial charge in [0.05, 0.1) is 12.2 Å². The molecule has 5 heteroatoms. The van der Waals surface area contributed by atoms with Crippen molar-refractivity contribution in [3.05, 3.63) is 90.0 Å². The molecule has 0 fully saturated rings. The van der Waals surface area contributed by atoms with Gasteiger partial charge in [0.25, 0.3) is 11.8 Å². The molecule has 3 aromatic carbocycles. The molecule has 0 atom stereocenters. The maximum absolute atomic E-state index is 12.7. The molecule has 0 bridgehead atoms. The SMILES string of the molecule is CCCOc1ccccc1C(=O)Nc1cccc(C(=O)Nc2ccccc2)c1. The van der Waals surface area contributed by atoms with Gasteiger partial charge in [0.1, 0.15) is 5.75 Å². The van der Waals surface area contributed by atoms with E-state index in [9.17, 15) is 9.59 Å². The Morgan fingerprint density at radius 3 is 2.25 bits per heavy atom. The second-order valence-corrected chi connectivity index (χ2v) is 6.20. The van der Waals surface area contributed by atoms with Crippen molar-refractivity contribution in [1.29, 1.82) is 0 Å². The quantitative estimate of drug-likeness (QED) is 0.613. The van der Waals surface area contributed by atoms with Crippen LogP contribution >= 0.6 is 0 Å². The molecule has 0 spiro atoms. The summed E-state index contributed by atoms with van der Waals surface area (Å²) in [5.74, 6) is 0.0149. The van der Waals surface area contributed by atoms with Crippen LogP contribution in [0, 0.1) is 0 Å². The molecular formula is C23H22N2O3. The molecular weight excluding hydrogens is 352 g/mol. The predicted octanol–water partition coefficient (Wildman–Crippen LogP) is 4.98. The molecule has 2 amide bonds. The van der Waals surface area contributed by atoms with Gasteiger partial charge in [-0.15, -0.1) is 0 Å². The summed E-state index contributed by atoms with van der Waals surface area (Å²) >= 11 is 0. The molecule has 0 saturated heterocycles. The molecule has 3 aromatic rings. The monoisotopic (exact) mass is 374 g/mol. The number of carbonyl (C=O) groups excluding carboxylic acids is 2. The van der Waals surface area contributed by atoms with Gasteiger partial charge in [0, 0.05) is 16.9 Å². The average molecular weight is 374 g/mol. The summed E-state index contributed by atoms with van der Waals surface area (Å²) < 4.78 is 5.65. The van der Waals surface area contributed by atoms with Crippen LogP contribution in [0.5, 0.6) is 5.75 Å². The largest absolute Gasteiger partial charge is 0.493 e. The van der Waals surface area contributed by atoms with Crippen molar-refractivity contribution in [2.75, 3.05) is 17.2 Å². The number of carbonyl (C=O) groups is 2. The number of benzene rings is 3. The van der Waals surface area contributed by atoms with Gasteiger partial charge in [0.15, 0.2) is 0 Å². The van der Waals surface area contributed by atoms with E-state index < -0.39 is 0 Å². The van der Waals surface area contributed by atoms with Gasteiger partial charge in [-0.3, -0.25) is 9.59 Å². The molecule has 0 radical (unpaired) electrons. The Balaban J connectivity index is 1.72. The van der Waals surface area contributed by atoms with Crippen molar-refractivity contribution < 1.29 is 14.3 Å². The van der Waals surface area contributed by atoms with E-state index in [0.29, 0.717) is 34.9 Å². The van der Waals surface area contributed by atoms with Crippen molar-refractivity contribution in [3.63, 3.8) is 0 Å². The zero-order valence-electron chi connectivity index (χ0n) is 15.6. The summed E-state index contributed by atoms with van der Waals surface area (Å²) in [5, 5.41) is 5.67. The van der Waals surface area contributed by atoms with Crippen LogP contribution < -0.4 is 15.4 Å². The Bertz CT molecular complexity index is 955. The minimum Gasteiger partial charge on any atom is -0.493 e. The van der Waals surface area contributed by atoms with Crippen LogP contribution in [0.2, 0.25) is 0 Å². The zero-order valence-corrected chi connectivity index (χ0v) is 15.6. The van der Waals surface area contributed by atoms with Gasteiger partial charge >= 0.3 is 0 Å². The molecule has 0 unspecified atom stereocenters. The third kappa shape index (κ3) is 4.98. The molecule has 142 valence electrons. The first-order chi connectivity index (χ1) is 13.7. The smallest absolute Gasteiger partial charge is 0.259 e. The second kappa shape index (κ2) is 9.37. The number of hydrogen-bond acceptors (Lipinski definition) is 3. The summed E-state index contributed by atoms with van der Waals surface area (Å²) in [4.78, 5) is 25.1. The van der Waals surface area contributed by atoms with Crippen molar-refractivity contribution in [1.82, 2.24) is 0 Å². The van der Waals surface area contributed by atoms with Crippen LogP contribution in [0.25, 0.3) is 0 Å². The van der Waals surface area contributed by atoms with E-state index in [1.54, 1.807) is 42.5 Å². The molecule has 5 nitrogen and oxygen atoms in total. The third-order valence-electron chi connectivity index (χ3n) is 4.01. The van der Waals surface area contributed by atoms with Crippen LogP contribution in [-0.2, 0) is 0 Å². The van der Waals surface area contributed by atoms with Crippen LogP contribution in [-0.4, -0.2) is 18.4 Å². The predicted molar refractivity (Wildman–Crippen MR) is 111 cm³/mol. The Kier molecular flexibility index (Phi) is 6.41. The second-order valence-electron chi connectivity index (χ2n) is 6.20. The molecule has 3 rings (SSSR count). The van der Waals surface area contributed by atoms with E-state index in [4.69, 9.17) is 4.74 Å². The van der Waals surface area contributed by atoms with E-state index in [-0.39, 0.29) is 11.8 Å². The summed E-state index contributed by atoms with van der Waals surface area (Å²) in [5.41, 5.74) is 2.16. The Hall–Kier alpha value is -3.60. The minimum absolute atomic E-state index is 0.242. The van der Waals surface area contributed by atoms with E-state index in [1.165, 1.54) is 0 Å². The molecule has 0 aliphatic carbocycles. The average Bonchev–Trinajstić information content (AvgIpc) is 2.73. The van der Waals surface area contributed by atoms with Crippen molar-refractivity contribution in [3.8, 4) is 5.75 Å². The van der Waals surface area contributed by atoms with Crippen LogP contribution in [0.15, 0.2) is 78.9 Å². The maximum Gasteiger partial charge on any atom is 0.259 e. The summed E-state index contributed by atoms with van der Waals surface area (Å²) in [6, 6.07) is 23.1. The highest BCUT2D eigenvalue weighted by Gasteiger charge is 2.13. The van der Waals surface area contributed by atoms with Gasteiger partial charge in [0.2, 0.25) is 0 Å². The molecule has 0 aliphatic rings. The summed E-state index contributed by atoms with van der Waals surface area (Å²) in [6.45, 7) is 2.55. The fourth-order valence-electron chi connectivity index (χ4n) is 2.65. The molecule has 0 heterocycles. The maximum atomic E-state index is 12.7. The summed E-state index contributed by atoms with van der Waals surface area (Å²) in [7, 11) is 0. The molecule has 0 aromatic heterocycles. The lowest BCUT2D eigenvalue weighted by atomic mass is 10.1. The molecule has 28 heavy (non-hydrogen) atoms. The first-order valence-corrected chi connectivity index (χ1v) is 9.17. The fraction of sp³-hybridized carbons (Fsp3) is 0.130. The standard InChI is InChI=1S/C23H22N2O3/c1-2-15-28-21-14-7-6-13-20(21)23(27)25-19-12-8-9-17(16-19)22(26)24-18-10-4-3-5-11-18/h3-14,16H,2,15H2,1H3,(H,24,26)(H,25,27). The molecule has 2 N–H and O–H groups in total. The number of hydrogen-bond donors (Lipinski definition) is 2. The van der Waals surface area contributed by atoms with Crippen molar-refractivity contribution in [2.45, 2.75) is 13.3 Å². The lowest BCUT2D eigenvalue weighted by Gasteiger charge is -2.12. The number of amides is 2. The topological polar surface area (TPSA) is 67.4 Å². The Labute approximate surface area is 164 Å². The zero-order chi connectivity index (χ0) is 19.8. The number of nitrogens with one attached hydrogen (secondary N) is 2. The molecule has 0 aliphatic heterocycles. The minimum atomic E-state index is -0.285. The van der Waals surface area contributed by atoms with Gasteiger partial charge in [-0.1, -0.05) is 43.3 Å². The summed E-state index contributed by atoms with van der Waals surface area (Å²) in [6.07, 6.45) is 0.856. The lowest BCUT2D eigenvalue weighted by molar-refractivity contribution is 0.101. The fourth-order valence-corrected chi connectivity index (χ4v) is 2.65. The number of rotatable bonds is 7. The van der Waals surface area contributed by atoms with Crippen LogP contribution in [0.1, 0.15) is 34.1 Å². The molecule has 0 saturated carbocycles. The third-order valence-corrected chi connectivity index (χ3v) is 4.01. The Morgan fingerprint density at radius 2 is 1.46 bits per heavy atom. The first-order valence-electron chi connectivity index (χ1n) is 9.17. The highest BCUT2D eigenvalue weighted by Crippen LogP contribution is 2.21. The van der Waals surface area contributed by atoms with Crippen LogP contribution in [0.4, 0.5) is 11.4 Å². The van der Waals surface area contributed by atoms with E-state index in [1.807, 2.05) is 43.3 Å². The lowest BCUT2D eigenvalue weighted by Crippen LogP contribution is -2.15. The first kappa shape index (κ1) is 19.2. The highest BCUT2D eigenvalue weighted by atomic mass is 16.5. The van der Waals surface area contributed by atoms with Crippen LogP contribution in [0.3, 0.4) is 0 Å². The van der Waals surface area contributed by atoms with Gasteiger partial charge in [-0.2, -0.15) is 0 Å². The number of para-hydroxylation sites is 2. The normalized spacial score (nSPS) is 10.2. The highest BCUT2D eigenvalue weighted by molar-refractivity contribution is 6.08. The van der Waals surface area contributed by atoms with Gasteiger partial charge in [-0.05, 0) is 48.9 Å². The van der Waals surface area contributed by atoms with E-state index in [2.05, 4.69) is 10.6 Å². The number of anilines is 2. The van der Waals surface area contributed by atoms with Gasteiger partial charge in [-0.25, -0.2) is 0 Å². The Morgan fingerprint density at radius 1 is 0.786 bits per heavy atom. The van der Waals surface area contributed by atoms with Gasteiger partial charge < -0.3 is 15.4 Å².